The highest BCUT2D eigenvalue weighted by molar-refractivity contribution is 7.93. The van der Waals surface area contributed by atoms with Crippen LogP contribution in [-0.2, 0) is 14.9 Å². The van der Waals surface area contributed by atoms with Crippen LogP contribution in [0.25, 0.3) is 0 Å². The molecule has 0 atom stereocenters. The van der Waals surface area contributed by atoms with Crippen molar-refractivity contribution >= 4 is 33.0 Å². The molecule has 5 nitrogen and oxygen atoms in total. The lowest BCUT2D eigenvalue weighted by atomic mass is 10.1. The summed E-state index contributed by atoms with van der Waals surface area (Å²) in [6.45, 7) is 1.07. The Morgan fingerprint density at radius 1 is 1.46 bits per heavy atom. The van der Waals surface area contributed by atoms with Gasteiger partial charge in [0.05, 0.1) is 17.9 Å². The van der Waals surface area contributed by atoms with E-state index >= 15 is 0 Å². The minimum absolute atomic E-state index is 0.0800. The Hall–Kier alpha value is -1.92. The molecule has 0 aliphatic heterocycles. The predicted octanol–water partition coefficient (Wildman–Crippen LogP) is 3.78. The first-order chi connectivity index (χ1) is 12.1. The van der Waals surface area contributed by atoms with Crippen molar-refractivity contribution in [3.05, 3.63) is 28.8 Å². The van der Waals surface area contributed by atoms with E-state index in [-0.39, 0.29) is 26.3 Å². The summed E-state index contributed by atoms with van der Waals surface area (Å²) < 4.78 is 63.0. The van der Waals surface area contributed by atoms with Crippen molar-refractivity contribution in [2.24, 2.45) is 11.1 Å². The maximum Gasteiger partial charge on any atom is 0.516 e. The molecular formula is C16H16ClF3N2O3S. The fraction of sp³-hybridized carbons (Fsp3) is 0.438. The molecule has 0 amide bonds. The Bertz CT molecular complexity index is 843. The van der Waals surface area contributed by atoms with Crippen LogP contribution in [-0.4, -0.2) is 32.8 Å². The highest BCUT2D eigenvalue weighted by Crippen LogP contribution is 2.34. The standard InChI is InChI=1S/C16H16ClF3N2O3S/c1-3-8-22(26(23,24)16(18,19)20)15-7-6-13(17)9-14(15)11(2)21-25-10-12-4-5-12/h1,6-7,9,12H,4-5,8,10H2,2H3. The minimum atomic E-state index is -5.69. The lowest BCUT2D eigenvalue weighted by molar-refractivity contribution is -0.0437. The number of oxime groups is 1. The van der Waals surface area contributed by atoms with Crippen molar-refractivity contribution in [3.63, 3.8) is 0 Å². The molecule has 2 rings (SSSR count). The van der Waals surface area contributed by atoms with Gasteiger partial charge in [-0.3, -0.25) is 4.31 Å². The van der Waals surface area contributed by atoms with Crippen molar-refractivity contribution < 1.29 is 26.4 Å². The van der Waals surface area contributed by atoms with E-state index in [4.69, 9.17) is 22.9 Å². The van der Waals surface area contributed by atoms with Gasteiger partial charge in [-0.1, -0.05) is 22.7 Å². The molecule has 1 aliphatic rings. The van der Waals surface area contributed by atoms with Gasteiger partial charge >= 0.3 is 15.5 Å². The maximum absolute atomic E-state index is 13.0. The van der Waals surface area contributed by atoms with Gasteiger partial charge in [0.25, 0.3) is 0 Å². The number of nitrogens with zero attached hydrogens (tertiary/aromatic N) is 2. The molecule has 0 aromatic heterocycles. The second-order valence-electron chi connectivity index (χ2n) is 5.74. The first-order valence-corrected chi connectivity index (χ1v) is 9.38. The smallest absolute Gasteiger partial charge is 0.395 e. The zero-order valence-electron chi connectivity index (χ0n) is 13.8. The number of anilines is 1. The second-order valence-corrected chi connectivity index (χ2v) is 8.03. The largest absolute Gasteiger partial charge is 0.516 e. The minimum Gasteiger partial charge on any atom is -0.395 e. The second kappa shape index (κ2) is 7.76. The van der Waals surface area contributed by atoms with Crippen molar-refractivity contribution in [3.8, 4) is 12.3 Å². The molecular weight excluding hydrogens is 393 g/mol. The molecule has 26 heavy (non-hydrogen) atoms. The third-order valence-electron chi connectivity index (χ3n) is 3.64. The highest BCUT2D eigenvalue weighted by Gasteiger charge is 2.50. The van der Waals surface area contributed by atoms with E-state index < -0.39 is 22.1 Å². The maximum atomic E-state index is 13.0. The van der Waals surface area contributed by atoms with E-state index in [2.05, 4.69) is 5.16 Å². The van der Waals surface area contributed by atoms with Crippen LogP contribution in [0.5, 0.6) is 0 Å². The zero-order valence-corrected chi connectivity index (χ0v) is 15.3. The average Bonchev–Trinajstić information content (AvgIpc) is 3.36. The molecule has 0 N–H and O–H groups in total. The summed E-state index contributed by atoms with van der Waals surface area (Å²) in [5.41, 5.74) is -5.52. The fourth-order valence-electron chi connectivity index (χ4n) is 2.10. The Balaban J connectivity index is 2.47. The number of sulfonamides is 1. The van der Waals surface area contributed by atoms with Gasteiger partial charge in [-0.05, 0) is 43.9 Å². The summed E-state index contributed by atoms with van der Waals surface area (Å²) in [6, 6.07) is 3.73. The summed E-state index contributed by atoms with van der Waals surface area (Å²) in [5.74, 6) is 2.36. The van der Waals surface area contributed by atoms with Gasteiger partial charge in [0, 0.05) is 10.6 Å². The molecule has 1 saturated carbocycles. The van der Waals surface area contributed by atoms with Crippen LogP contribution in [0.1, 0.15) is 25.3 Å². The fourth-order valence-corrected chi connectivity index (χ4v) is 3.18. The number of halogens is 4. The van der Waals surface area contributed by atoms with E-state index in [0.717, 1.165) is 18.9 Å². The third kappa shape index (κ3) is 4.62. The van der Waals surface area contributed by atoms with Gasteiger partial charge < -0.3 is 4.84 Å². The quantitative estimate of drug-likeness (QED) is 0.392. The molecule has 1 aromatic rings. The summed E-state index contributed by atoms with van der Waals surface area (Å²) in [5, 5.41) is 4.07. The Morgan fingerprint density at radius 3 is 2.65 bits per heavy atom. The van der Waals surface area contributed by atoms with Crippen molar-refractivity contribution in [1.82, 2.24) is 0 Å². The van der Waals surface area contributed by atoms with Crippen molar-refractivity contribution in [2.45, 2.75) is 25.3 Å². The van der Waals surface area contributed by atoms with Crippen LogP contribution in [0.4, 0.5) is 18.9 Å². The van der Waals surface area contributed by atoms with E-state index in [9.17, 15) is 21.6 Å². The van der Waals surface area contributed by atoms with Gasteiger partial charge in [0.1, 0.15) is 6.61 Å². The number of rotatable bonds is 7. The summed E-state index contributed by atoms with van der Waals surface area (Å²) in [4.78, 5) is 5.18. The van der Waals surface area contributed by atoms with Crippen LogP contribution in [0.3, 0.4) is 0 Å². The number of hydrogen-bond acceptors (Lipinski definition) is 4. The van der Waals surface area contributed by atoms with Crippen molar-refractivity contribution in [2.75, 3.05) is 17.5 Å². The van der Waals surface area contributed by atoms with Gasteiger partial charge in [-0.15, -0.1) is 6.42 Å². The van der Waals surface area contributed by atoms with Crippen LogP contribution < -0.4 is 4.31 Å². The Morgan fingerprint density at radius 2 is 2.12 bits per heavy atom. The number of benzene rings is 1. The van der Waals surface area contributed by atoms with Gasteiger partial charge in [-0.2, -0.15) is 21.6 Å². The molecule has 1 fully saturated rings. The topological polar surface area (TPSA) is 59.0 Å². The Kier molecular flexibility index (Phi) is 6.09. The molecule has 10 heteroatoms. The zero-order chi connectivity index (χ0) is 19.5. The van der Waals surface area contributed by atoms with Crippen LogP contribution >= 0.6 is 11.6 Å². The van der Waals surface area contributed by atoms with Crippen LogP contribution in [0.2, 0.25) is 5.02 Å². The first-order valence-electron chi connectivity index (χ1n) is 7.57. The van der Waals surface area contributed by atoms with E-state index in [1.54, 1.807) is 0 Å². The van der Waals surface area contributed by atoms with Gasteiger partial charge in [0.2, 0.25) is 0 Å². The molecule has 0 unspecified atom stereocenters. The molecule has 0 spiro atoms. The van der Waals surface area contributed by atoms with Gasteiger partial charge in [-0.25, -0.2) is 0 Å². The number of alkyl halides is 3. The molecule has 1 aliphatic carbocycles. The molecule has 0 saturated heterocycles. The summed E-state index contributed by atoms with van der Waals surface area (Å²) in [6.07, 6.45) is 7.16. The SMILES string of the molecule is C#CCN(c1ccc(Cl)cc1C(C)=NOCC1CC1)S(=O)(=O)C(F)(F)F. The lowest BCUT2D eigenvalue weighted by Crippen LogP contribution is -2.41. The monoisotopic (exact) mass is 408 g/mol. The molecule has 142 valence electrons. The first kappa shape index (κ1) is 20.4. The highest BCUT2D eigenvalue weighted by atomic mass is 35.5. The van der Waals surface area contributed by atoms with E-state index in [0.29, 0.717) is 12.5 Å². The van der Waals surface area contributed by atoms with Crippen LogP contribution in [0, 0.1) is 18.3 Å². The Labute approximate surface area is 154 Å². The van der Waals surface area contributed by atoms with Crippen molar-refractivity contribution in [1.29, 1.82) is 0 Å². The summed E-state index contributed by atoms with van der Waals surface area (Å²) in [7, 11) is -5.69. The number of terminal acetylenes is 1. The molecule has 1 aromatic carbocycles. The summed E-state index contributed by atoms with van der Waals surface area (Å²) >= 11 is 5.91. The lowest BCUT2D eigenvalue weighted by Gasteiger charge is -2.25. The molecule has 0 bridgehead atoms. The van der Waals surface area contributed by atoms with Crippen LogP contribution in [0.15, 0.2) is 23.4 Å². The average molecular weight is 409 g/mol. The van der Waals surface area contributed by atoms with E-state index in [1.807, 2.05) is 5.92 Å². The predicted molar refractivity (Wildman–Crippen MR) is 93.5 cm³/mol. The number of hydrogen-bond donors (Lipinski definition) is 0. The third-order valence-corrected chi connectivity index (χ3v) is 5.37. The molecule has 0 radical (unpaired) electrons. The van der Waals surface area contributed by atoms with E-state index in [1.165, 1.54) is 19.1 Å². The normalized spacial score (nSPS) is 15.5. The molecule has 0 heterocycles. The van der Waals surface area contributed by atoms with Gasteiger partial charge in [0.15, 0.2) is 0 Å².